The number of ether oxygens (including phenoxy) is 2. The number of anilines is 1. The van der Waals surface area contributed by atoms with Crippen LogP contribution in [0.1, 0.15) is 32.3 Å². The number of rotatable bonds is 11. The van der Waals surface area contributed by atoms with E-state index in [1.807, 2.05) is 0 Å². The molecule has 0 saturated heterocycles. The Morgan fingerprint density at radius 1 is 1.08 bits per heavy atom. The quantitative estimate of drug-likeness (QED) is 0.439. The third kappa shape index (κ3) is 7.43. The highest BCUT2D eigenvalue weighted by Gasteiger charge is 2.28. The number of carbonyl (C=O) groups is 2. The van der Waals surface area contributed by atoms with E-state index in [1.54, 1.807) is 50.2 Å². The van der Waals surface area contributed by atoms with Crippen LogP contribution in [0.25, 0.3) is 0 Å². The number of nitrogens with zero attached hydrogens (tertiary/aromatic N) is 2. The second-order valence-electron chi connectivity index (χ2n) is 8.56. The van der Waals surface area contributed by atoms with Crippen LogP contribution in [0.2, 0.25) is 10.0 Å². The van der Waals surface area contributed by atoms with E-state index in [9.17, 15) is 18.0 Å². The molecule has 0 spiro atoms. The van der Waals surface area contributed by atoms with Crippen LogP contribution >= 0.6 is 23.2 Å². The largest absolute Gasteiger partial charge is 0.486 e. The molecule has 1 aliphatic heterocycles. The summed E-state index contributed by atoms with van der Waals surface area (Å²) in [4.78, 5) is 27.3. The lowest BCUT2D eigenvalue weighted by Gasteiger charge is -2.30. The SMILES string of the molecule is CCNC(=O)[C@@H](C)N(Cc1c(Cl)cccc1Cl)C(=O)CCCN(c1ccc2c(c1)OCCO2)S(C)(=O)=O. The Bertz CT molecular complexity index is 1220. The van der Waals surface area contributed by atoms with Crippen molar-refractivity contribution in [1.29, 1.82) is 0 Å². The normalized spacial score (nSPS) is 13.5. The Morgan fingerprint density at radius 3 is 2.35 bits per heavy atom. The maximum Gasteiger partial charge on any atom is 0.242 e. The van der Waals surface area contributed by atoms with Gasteiger partial charge in [0, 0.05) is 47.7 Å². The van der Waals surface area contributed by atoms with Crippen LogP contribution < -0.4 is 19.1 Å². The minimum Gasteiger partial charge on any atom is -0.486 e. The first-order valence-corrected chi connectivity index (χ1v) is 14.5. The number of carbonyl (C=O) groups excluding carboxylic acids is 2. The summed E-state index contributed by atoms with van der Waals surface area (Å²) < 4.78 is 37.5. The highest BCUT2D eigenvalue weighted by atomic mass is 35.5. The molecule has 1 heterocycles. The molecule has 9 nitrogen and oxygen atoms in total. The molecule has 0 bridgehead atoms. The fourth-order valence-corrected chi connectivity index (χ4v) is 5.42. The maximum absolute atomic E-state index is 13.3. The lowest BCUT2D eigenvalue weighted by molar-refractivity contribution is -0.140. The van der Waals surface area contributed by atoms with E-state index in [4.69, 9.17) is 32.7 Å². The smallest absolute Gasteiger partial charge is 0.242 e. The topological polar surface area (TPSA) is 105 Å². The Balaban J connectivity index is 1.76. The summed E-state index contributed by atoms with van der Waals surface area (Å²) in [5.41, 5.74) is 0.943. The summed E-state index contributed by atoms with van der Waals surface area (Å²) in [6, 6.07) is 9.16. The van der Waals surface area contributed by atoms with Gasteiger partial charge in [0.15, 0.2) is 11.5 Å². The summed E-state index contributed by atoms with van der Waals surface area (Å²) in [7, 11) is -3.65. The van der Waals surface area contributed by atoms with E-state index in [-0.39, 0.29) is 37.7 Å². The molecule has 0 aliphatic carbocycles. The van der Waals surface area contributed by atoms with Gasteiger partial charge in [0.1, 0.15) is 19.3 Å². The van der Waals surface area contributed by atoms with E-state index in [1.165, 1.54) is 9.21 Å². The van der Waals surface area contributed by atoms with Crippen molar-refractivity contribution < 1.29 is 27.5 Å². The van der Waals surface area contributed by atoms with Crippen molar-refractivity contribution in [2.24, 2.45) is 0 Å². The molecule has 1 N–H and O–H groups in total. The van der Waals surface area contributed by atoms with E-state index >= 15 is 0 Å². The molecule has 202 valence electrons. The number of benzene rings is 2. The molecule has 0 unspecified atom stereocenters. The van der Waals surface area contributed by atoms with Crippen molar-refractivity contribution in [3.63, 3.8) is 0 Å². The molecule has 12 heteroatoms. The molecule has 0 aromatic heterocycles. The molecule has 0 saturated carbocycles. The first kappa shape index (κ1) is 28.9. The molecule has 2 aromatic rings. The van der Waals surface area contributed by atoms with Gasteiger partial charge >= 0.3 is 0 Å². The Labute approximate surface area is 227 Å². The Kier molecular flexibility index (Phi) is 9.92. The molecule has 1 atom stereocenters. The second kappa shape index (κ2) is 12.7. The summed E-state index contributed by atoms with van der Waals surface area (Å²) in [6.07, 6.45) is 1.33. The number of amides is 2. The lowest BCUT2D eigenvalue weighted by atomic mass is 10.1. The van der Waals surface area contributed by atoms with Gasteiger partial charge in [0.25, 0.3) is 0 Å². The summed E-state index contributed by atoms with van der Waals surface area (Å²) in [5.74, 6) is 0.373. The number of hydrogen-bond donors (Lipinski definition) is 1. The summed E-state index contributed by atoms with van der Waals surface area (Å²) in [6.45, 7) is 4.73. The van der Waals surface area contributed by atoms with Crippen LogP contribution in [0.4, 0.5) is 5.69 Å². The van der Waals surface area contributed by atoms with Crippen LogP contribution in [-0.4, -0.2) is 63.7 Å². The standard InChI is InChI=1S/C25H31Cl2N3O6S/c1-4-28-25(32)17(2)29(16-19-20(26)7-5-8-21(19)27)24(31)9-6-12-30(37(3,33)34)18-10-11-22-23(15-18)36-14-13-35-22/h5,7-8,10-11,15,17H,4,6,9,12-14,16H2,1-3H3,(H,28,32)/t17-/m1/s1. The third-order valence-corrected chi connectivity index (χ3v) is 7.78. The van der Waals surface area contributed by atoms with Gasteiger partial charge in [0.05, 0.1) is 11.9 Å². The molecule has 37 heavy (non-hydrogen) atoms. The minimum atomic E-state index is -3.65. The molecule has 0 fully saturated rings. The van der Waals surface area contributed by atoms with Gasteiger partial charge in [-0.05, 0) is 44.5 Å². The number of hydrogen-bond acceptors (Lipinski definition) is 6. The zero-order valence-corrected chi connectivity index (χ0v) is 23.3. The average Bonchev–Trinajstić information content (AvgIpc) is 2.85. The van der Waals surface area contributed by atoms with Crippen molar-refractivity contribution in [3.05, 3.63) is 52.0 Å². The third-order valence-electron chi connectivity index (χ3n) is 5.87. The van der Waals surface area contributed by atoms with Gasteiger partial charge in [-0.15, -0.1) is 0 Å². The fourth-order valence-electron chi connectivity index (χ4n) is 3.95. The zero-order valence-electron chi connectivity index (χ0n) is 21.0. The molecule has 2 aromatic carbocycles. The molecule has 0 radical (unpaired) electrons. The van der Waals surface area contributed by atoms with Crippen LogP contribution in [0.15, 0.2) is 36.4 Å². The number of fused-ring (bicyclic) bond motifs is 1. The second-order valence-corrected chi connectivity index (χ2v) is 11.3. The first-order chi connectivity index (χ1) is 17.5. The minimum absolute atomic E-state index is 0.00237. The molecular weight excluding hydrogens is 541 g/mol. The van der Waals surface area contributed by atoms with Gasteiger partial charge in [-0.3, -0.25) is 13.9 Å². The molecule has 3 rings (SSSR count). The zero-order chi connectivity index (χ0) is 27.2. The van der Waals surface area contributed by atoms with Crippen molar-refractivity contribution in [2.75, 3.05) is 36.9 Å². The van der Waals surface area contributed by atoms with Crippen molar-refractivity contribution in [3.8, 4) is 11.5 Å². The highest BCUT2D eigenvalue weighted by Crippen LogP contribution is 2.35. The summed E-state index contributed by atoms with van der Waals surface area (Å²) in [5, 5.41) is 3.50. The van der Waals surface area contributed by atoms with Gasteiger partial charge < -0.3 is 19.7 Å². The lowest BCUT2D eigenvalue weighted by Crippen LogP contribution is -2.47. The average molecular weight is 573 g/mol. The Hall–Kier alpha value is -2.69. The fraction of sp³-hybridized carbons (Fsp3) is 0.440. The maximum atomic E-state index is 13.3. The predicted octanol–water partition coefficient (Wildman–Crippen LogP) is 3.86. The summed E-state index contributed by atoms with van der Waals surface area (Å²) >= 11 is 12.6. The number of nitrogens with one attached hydrogen (secondary N) is 1. The Morgan fingerprint density at radius 2 is 1.73 bits per heavy atom. The van der Waals surface area contributed by atoms with Gasteiger partial charge in [-0.25, -0.2) is 8.42 Å². The number of halogens is 2. The number of sulfonamides is 1. The predicted molar refractivity (Wildman–Crippen MR) is 144 cm³/mol. The van der Waals surface area contributed by atoms with E-state index < -0.39 is 16.1 Å². The number of likely N-dealkylation sites (N-methyl/N-ethyl adjacent to an activating group) is 1. The van der Waals surface area contributed by atoms with Gasteiger partial charge in [0.2, 0.25) is 21.8 Å². The highest BCUT2D eigenvalue weighted by molar-refractivity contribution is 7.92. The first-order valence-electron chi connectivity index (χ1n) is 11.9. The van der Waals surface area contributed by atoms with Gasteiger partial charge in [-0.1, -0.05) is 29.3 Å². The van der Waals surface area contributed by atoms with Crippen LogP contribution in [0.5, 0.6) is 11.5 Å². The van der Waals surface area contributed by atoms with Crippen molar-refractivity contribution in [1.82, 2.24) is 10.2 Å². The van der Waals surface area contributed by atoms with Crippen molar-refractivity contribution >= 4 is 50.7 Å². The monoisotopic (exact) mass is 571 g/mol. The van der Waals surface area contributed by atoms with Crippen LogP contribution in [0.3, 0.4) is 0 Å². The molecule has 2 amide bonds. The van der Waals surface area contributed by atoms with E-state index in [0.717, 1.165) is 6.26 Å². The van der Waals surface area contributed by atoms with Crippen molar-refractivity contribution in [2.45, 2.75) is 39.3 Å². The van der Waals surface area contributed by atoms with Crippen LogP contribution in [0, 0.1) is 0 Å². The molecular formula is C25H31Cl2N3O6S. The van der Waals surface area contributed by atoms with E-state index in [2.05, 4.69) is 5.32 Å². The van der Waals surface area contributed by atoms with Crippen LogP contribution in [-0.2, 0) is 26.2 Å². The molecule has 1 aliphatic rings. The van der Waals surface area contributed by atoms with E-state index in [0.29, 0.717) is 52.6 Å². The van der Waals surface area contributed by atoms with Gasteiger partial charge in [-0.2, -0.15) is 0 Å².